The molecule has 5 nitrogen and oxygen atoms in total. The van der Waals surface area contributed by atoms with Crippen molar-refractivity contribution in [3.05, 3.63) is 78.7 Å². The van der Waals surface area contributed by atoms with Crippen LogP contribution in [0.3, 0.4) is 0 Å². The smallest absolute Gasteiger partial charge is 0.174 e. The largest absolute Gasteiger partial charge is 0.493 e. The van der Waals surface area contributed by atoms with Gasteiger partial charge in [-0.15, -0.1) is 0 Å². The summed E-state index contributed by atoms with van der Waals surface area (Å²) in [5, 5.41) is 0.660. The van der Waals surface area contributed by atoms with Gasteiger partial charge < -0.3 is 14.4 Å². The van der Waals surface area contributed by atoms with E-state index in [-0.39, 0.29) is 17.5 Å². The maximum Gasteiger partial charge on any atom is 0.174 e. The second-order valence-electron chi connectivity index (χ2n) is 9.22. The van der Waals surface area contributed by atoms with Crippen molar-refractivity contribution in [2.24, 2.45) is 0 Å². The van der Waals surface area contributed by atoms with E-state index in [1.807, 2.05) is 43.4 Å². The zero-order chi connectivity index (χ0) is 24.7. The summed E-state index contributed by atoms with van der Waals surface area (Å²) in [5.41, 5.74) is 5.54. The number of halogens is 2. The molecule has 0 atom stereocenters. The molecule has 1 aliphatic heterocycles. The van der Waals surface area contributed by atoms with E-state index in [4.69, 9.17) is 21.1 Å². The number of Topliss-reactive ketones (excluding diaryl/α,β-unsaturated/α-hetero) is 2. The van der Waals surface area contributed by atoms with Crippen molar-refractivity contribution >= 4 is 45.8 Å². The minimum Gasteiger partial charge on any atom is -0.493 e. The Hall–Kier alpha value is -2.32. The molecule has 1 heterocycles. The van der Waals surface area contributed by atoms with Crippen LogP contribution in [-0.2, 0) is 16.2 Å². The number of ketones is 2. The first-order chi connectivity index (χ1) is 16.9. The first kappa shape index (κ1) is 24.4. The SMILES string of the molecule is COc1cc(C2C3=C(CCCC3=O)N(C)C3=C2C(=O)CCC3)cc(I)c1OCc1cccc(Cl)c1. The number of methoxy groups -OCH3 is 1. The maximum absolute atomic E-state index is 13.2. The lowest BCUT2D eigenvalue weighted by atomic mass is 9.71. The predicted octanol–water partition coefficient (Wildman–Crippen LogP) is 6.58. The highest BCUT2D eigenvalue weighted by molar-refractivity contribution is 14.1. The van der Waals surface area contributed by atoms with E-state index >= 15 is 0 Å². The monoisotopic (exact) mass is 603 g/mol. The summed E-state index contributed by atoms with van der Waals surface area (Å²) >= 11 is 8.37. The van der Waals surface area contributed by atoms with Crippen LogP contribution in [0.15, 0.2) is 58.9 Å². The highest BCUT2D eigenvalue weighted by atomic mass is 127. The molecule has 0 radical (unpaired) electrons. The molecule has 5 rings (SSSR count). The minimum atomic E-state index is -0.360. The van der Waals surface area contributed by atoms with Gasteiger partial charge >= 0.3 is 0 Å². The summed E-state index contributed by atoms with van der Waals surface area (Å²) in [4.78, 5) is 28.6. The third-order valence-corrected chi connectivity index (χ3v) is 8.14. The van der Waals surface area contributed by atoms with E-state index in [0.29, 0.717) is 36.0 Å². The highest BCUT2D eigenvalue weighted by Gasteiger charge is 2.42. The van der Waals surface area contributed by atoms with E-state index in [1.54, 1.807) is 7.11 Å². The quantitative estimate of drug-likeness (QED) is 0.362. The van der Waals surface area contributed by atoms with Crippen molar-refractivity contribution in [3.63, 3.8) is 0 Å². The molecule has 35 heavy (non-hydrogen) atoms. The van der Waals surface area contributed by atoms with E-state index in [0.717, 1.165) is 62.9 Å². The maximum atomic E-state index is 13.2. The number of nitrogens with zero attached hydrogens (tertiary/aromatic N) is 1. The third kappa shape index (κ3) is 4.51. The van der Waals surface area contributed by atoms with Crippen LogP contribution in [0.1, 0.15) is 55.6 Å². The van der Waals surface area contributed by atoms with Crippen LogP contribution in [0, 0.1) is 3.57 Å². The van der Waals surface area contributed by atoms with Gasteiger partial charge in [0.1, 0.15) is 6.61 Å². The standard InChI is InChI=1S/C28H27ClINO4/c1-31-20-8-4-10-22(32)26(20)25(27-21(31)9-5-11-23(27)33)17-13-19(30)28(24(14-17)34-2)35-15-16-6-3-7-18(29)12-16/h3,6-7,12-14,25H,4-5,8-11,15H2,1-2H3. The minimum absolute atomic E-state index is 0.142. The number of hydrogen-bond donors (Lipinski definition) is 0. The summed E-state index contributed by atoms with van der Waals surface area (Å²) < 4.78 is 12.8. The number of rotatable bonds is 5. The third-order valence-electron chi connectivity index (χ3n) is 7.10. The Kier molecular flexibility index (Phi) is 6.95. The number of benzene rings is 2. The summed E-state index contributed by atoms with van der Waals surface area (Å²) in [6, 6.07) is 11.5. The molecule has 3 aliphatic rings. The van der Waals surface area contributed by atoms with Crippen molar-refractivity contribution in [1.29, 1.82) is 0 Å². The van der Waals surface area contributed by atoms with Gasteiger partial charge in [0.25, 0.3) is 0 Å². The lowest BCUT2D eigenvalue weighted by molar-refractivity contribution is -0.117. The Morgan fingerprint density at radius 3 is 2.26 bits per heavy atom. The average molecular weight is 604 g/mol. The molecule has 0 bridgehead atoms. The number of carbonyl (C=O) groups is 2. The van der Waals surface area contributed by atoms with Gasteiger partial charge in [0.05, 0.1) is 10.7 Å². The number of carbonyl (C=O) groups excluding carboxylic acids is 2. The van der Waals surface area contributed by atoms with Gasteiger partial charge in [0.15, 0.2) is 23.1 Å². The average Bonchev–Trinajstić information content (AvgIpc) is 2.84. The fraction of sp³-hybridized carbons (Fsp3) is 0.357. The van der Waals surface area contributed by atoms with Gasteiger partial charge in [-0.25, -0.2) is 0 Å². The summed E-state index contributed by atoms with van der Waals surface area (Å²) in [6.45, 7) is 0.349. The van der Waals surface area contributed by atoms with E-state index < -0.39 is 0 Å². The van der Waals surface area contributed by atoms with Crippen LogP contribution < -0.4 is 9.47 Å². The number of allylic oxidation sites excluding steroid dienone is 4. The van der Waals surface area contributed by atoms with Gasteiger partial charge in [0.2, 0.25) is 0 Å². The lowest BCUT2D eigenvalue weighted by Crippen LogP contribution is -2.37. The molecule has 0 fully saturated rings. The predicted molar refractivity (Wildman–Crippen MR) is 144 cm³/mol. The summed E-state index contributed by atoms with van der Waals surface area (Å²) in [7, 11) is 3.62. The van der Waals surface area contributed by atoms with Gasteiger partial charge in [-0.1, -0.05) is 23.7 Å². The molecular weight excluding hydrogens is 577 g/mol. The zero-order valence-electron chi connectivity index (χ0n) is 19.8. The van der Waals surface area contributed by atoms with Crippen LogP contribution >= 0.6 is 34.2 Å². The van der Waals surface area contributed by atoms with Crippen molar-refractivity contribution in [3.8, 4) is 11.5 Å². The topological polar surface area (TPSA) is 55.8 Å². The molecule has 0 aromatic heterocycles. The Morgan fingerprint density at radius 2 is 1.66 bits per heavy atom. The van der Waals surface area contributed by atoms with Gasteiger partial charge in [-0.3, -0.25) is 9.59 Å². The normalized spacial score (nSPS) is 18.6. The van der Waals surface area contributed by atoms with Crippen molar-refractivity contribution in [1.82, 2.24) is 4.90 Å². The molecule has 0 N–H and O–H groups in total. The molecule has 2 aromatic rings. The molecule has 0 amide bonds. The fourth-order valence-corrected chi connectivity index (χ4v) is 6.51. The summed E-state index contributed by atoms with van der Waals surface area (Å²) in [6.07, 6.45) is 4.46. The molecule has 0 spiro atoms. The molecule has 0 saturated carbocycles. The number of hydrogen-bond acceptors (Lipinski definition) is 5. The molecule has 2 aliphatic carbocycles. The molecular formula is C28H27ClINO4. The second kappa shape index (κ2) is 9.97. The lowest BCUT2D eigenvalue weighted by Gasteiger charge is -2.42. The molecule has 0 saturated heterocycles. The Balaban J connectivity index is 1.58. The number of ether oxygens (including phenoxy) is 2. The van der Waals surface area contributed by atoms with Crippen molar-refractivity contribution in [2.45, 2.75) is 51.0 Å². The van der Waals surface area contributed by atoms with Crippen molar-refractivity contribution < 1.29 is 19.1 Å². The van der Waals surface area contributed by atoms with E-state index in [1.165, 1.54) is 0 Å². The van der Waals surface area contributed by atoms with Gasteiger partial charge in [-0.05, 0) is 83.7 Å². The van der Waals surface area contributed by atoms with E-state index in [9.17, 15) is 9.59 Å². The Labute approximate surface area is 224 Å². The van der Waals surface area contributed by atoms with Crippen LogP contribution in [0.5, 0.6) is 11.5 Å². The van der Waals surface area contributed by atoms with Gasteiger partial charge in [0, 0.05) is 53.4 Å². The summed E-state index contributed by atoms with van der Waals surface area (Å²) in [5.74, 6) is 1.15. The Bertz CT molecular complexity index is 1240. The fourth-order valence-electron chi connectivity index (χ4n) is 5.51. The highest BCUT2D eigenvalue weighted by Crippen LogP contribution is 2.50. The molecule has 2 aromatic carbocycles. The Morgan fingerprint density at radius 1 is 1.00 bits per heavy atom. The van der Waals surface area contributed by atoms with E-state index in [2.05, 4.69) is 27.5 Å². The zero-order valence-corrected chi connectivity index (χ0v) is 22.7. The molecule has 0 unspecified atom stereocenters. The molecule has 182 valence electrons. The van der Waals surface area contributed by atoms with Crippen molar-refractivity contribution in [2.75, 3.05) is 14.2 Å². The first-order valence-electron chi connectivity index (χ1n) is 11.9. The molecule has 7 heteroatoms. The van der Waals surface area contributed by atoms with Crippen LogP contribution in [-0.4, -0.2) is 30.6 Å². The van der Waals surface area contributed by atoms with Crippen LogP contribution in [0.25, 0.3) is 0 Å². The van der Waals surface area contributed by atoms with Crippen LogP contribution in [0.2, 0.25) is 5.02 Å². The van der Waals surface area contributed by atoms with Crippen LogP contribution in [0.4, 0.5) is 0 Å². The first-order valence-corrected chi connectivity index (χ1v) is 13.4. The second-order valence-corrected chi connectivity index (χ2v) is 10.8. The van der Waals surface area contributed by atoms with Gasteiger partial charge in [-0.2, -0.15) is 0 Å².